The molecule has 3 N–H and O–H groups in total. The topological polar surface area (TPSA) is 109 Å². The van der Waals surface area contributed by atoms with Crippen LogP contribution in [0, 0.1) is 6.92 Å². The molecule has 1 heterocycles. The fourth-order valence-corrected chi connectivity index (χ4v) is 1.72. The SMILES string of the molecule is Cc1cccc(NC(=O)Nc2ncnn2C)c1C(=O)O. The molecule has 2 aromatic rings. The molecule has 0 aliphatic carbocycles. The molecular formula is C12H13N5O3. The van der Waals surface area contributed by atoms with Gasteiger partial charge in [0.05, 0.1) is 11.3 Å². The highest BCUT2D eigenvalue weighted by atomic mass is 16.4. The summed E-state index contributed by atoms with van der Waals surface area (Å²) in [6.07, 6.45) is 1.30. The zero-order valence-electron chi connectivity index (χ0n) is 10.9. The molecule has 104 valence electrons. The molecule has 8 nitrogen and oxygen atoms in total. The number of hydrogen-bond acceptors (Lipinski definition) is 4. The third-order valence-corrected chi connectivity index (χ3v) is 2.67. The van der Waals surface area contributed by atoms with Crippen molar-refractivity contribution in [1.82, 2.24) is 14.8 Å². The lowest BCUT2D eigenvalue weighted by Gasteiger charge is -2.11. The van der Waals surface area contributed by atoms with Crippen molar-refractivity contribution in [2.45, 2.75) is 6.92 Å². The van der Waals surface area contributed by atoms with E-state index in [9.17, 15) is 9.59 Å². The van der Waals surface area contributed by atoms with Crippen LogP contribution in [0.2, 0.25) is 0 Å². The number of amides is 2. The first-order valence-electron chi connectivity index (χ1n) is 5.74. The second-order valence-electron chi connectivity index (χ2n) is 4.09. The van der Waals surface area contributed by atoms with Crippen LogP contribution in [-0.4, -0.2) is 31.9 Å². The Labute approximate surface area is 114 Å². The Morgan fingerprint density at radius 3 is 2.65 bits per heavy atom. The number of carbonyl (C=O) groups excluding carboxylic acids is 1. The summed E-state index contributed by atoms with van der Waals surface area (Å²) in [6, 6.07) is 4.26. The number of nitrogens with zero attached hydrogens (tertiary/aromatic N) is 3. The molecule has 0 spiro atoms. The molecule has 8 heteroatoms. The highest BCUT2D eigenvalue weighted by Gasteiger charge is 2.15. The summed E-state index contributed by atoms with van der Waals surface area (Å²) in [7, 11) is 1.62. The van der Waals surface area contributed by atoms with E-state index in [1.165, 1.54) is 17.1 Å². The van der Waals surface area contributed by atoms with Gasteiger partial charge in [0.1, 0.15) is 6.33 Å². The molecule has 0 fully saturated rings. The molecule has 20 heavy (non-hydrogen) atoms. The molecule has 0 saturated carbocycles. The highest BCUT2D eigenvalue weighted by Crippen LogP contribution is 2.19. The first kappa shape index (κ1) is 13.5. The molecule has 2 rings (SSSR count). The second-order valence-corrected chi connectivity index (χ2v) is 4.09. The number of urea groups is 1. The first-order chi connectivity index (χ1) is 9.49. The summed E-state index contributed by atoms with van der Waals surface area (Å²) < 4.78 is 1.38. The van der Waals surface area contributed by atoms with E-state index >= 15 is 0 Å². The third-order valence-electron chi connectivity index (χ3n) is 2.67. The smallest absolute Gasteiger partial charge is 0.338 e. The van der Waals surface area contributed by atoms with Gasteiger partial charge in [0, 0.05) is 7.05 Å². The van der Waals surface area contributed by atoms with Crippen LogP contribution in [0.5, 0.6) is 0 Å². The van der Waals surface area contributed by atoms with E-state index in [0.717, 1.165) is 0 Å². The Kier molecular flexibility index (Phi) is 3.65. The summed E-state index contributed by atoms with van der Waals surface area (Å²) in [4.78, 5) is 26.9. The van der Waals surface area contributed by atoms with E-state index < -0.39 is 12.0 Å². The van der Waals surface area contributed by atoms with Crippen molar-refractivity contribution in [2.75, 3.05) is 10.6 Å². The lowest BCUT2D eigenvalue weighted by Crippen LogP contribution is -2.23. The zero-order chi connectivity index (χ0) is 14.7. The maximum Gasteiger partial charge on any atom is 0.338 e. The molecule has 2 amide bonds. The standard InChI is InChI=1S/C12H13N5O3/c1-7-4-3-5-8(9(7)10(18)19)15-12(20)16-11-13-6-14-17(11)2/h3-6H,1-2H3,(H,18,19)(H2,13,14,15,16,20). The molecule has 0 radical (unpaired) electrons. The minimum atomic E-state index is -1.10. The third kappa shape index (κ3) is 2.74. The van der Waals surface area contributed by atoms with Crippen molar-refractivity contribution in [3.05, 3.63) is 35.7 Å². The van der Waals surface area contributed by atoms with Gasteiger partial charge in [0.2, 0.25) is 5.95 Å². The molecule has 0 unspecified atom stereocenters. The van der Waals surface area contributed by atoms with Crippen molar-refractivity contribution in [1.29, 1.82) is 0 Å². The van der Waals surface area contributed by atoms with Gasteiger partial charge >= 0.3 is 12.0 Å². The van der Waals surface area contributed by atoms with Crippen LogP contribution in [0.15, 0.2) is 24.5 Å². The summed E-state index contributed by atoms with van der Waals surface area (Å²) in [5.74, 6) is -0.843. The number of anilines is 2. The number of carbonyl (C=O) groups is 2. The van der Waals surface area contributed by atoms with Crippen LogP contribution in [0.3, 0.4) is 0 Å². The van der Waals surface area contributed by atoms with Crippen LogP contribution in [0.25, 0.3) is 0 Å². The van der Waals surface area contributed by atoms with Crippen LogP contribution in [0.4, 0.5) is 16.4 Å². The number of carboxylic acids is 1. The van der Waals surface area contributed by atoms with Gasteiger partial charge in [-0.15, -0.1) is 0 Å². The maximum absolute atomic E-state index is 11.8. The predicted molar refractivity (Wildman–Crippen MR) is 71.8 cm³/mol. The fraction of sp³-hybridized carbons (Fsp3) is 0.167. The van der Waals surface area contributed by atoms with E-state index in [4.69, 9.17) is 5.11 Å². The number of aromatic nitrogens is 3. The Morgan fingerprint density at radius 2 is 2.05 bits per heavy atom. The number of hydrogen-bond donors (Lipinski definition) is 3. The number of rotatable bonds is 3. The Balaban J connectivity index is 2.18. The monoisotopic (exact) mass is 275 g/mol. The molecule has 0 atom stereocenters. The second kappa shape index (κ2) is 5.39. The minimum absolute atomic E-state index is 0.0561. The van der Waals surface area contributed by atoms with Gasteiger partial charge in [-0.2, -0.15) is 10.1 Å². The number of carboxylic acid groups (broad SMARTS) is 1. The lowest BCUT2D eigenvalue weighted by molar-refractivity contribution is 0.0697. The predicted octanol–water partition coefficient (Wildman–Crippen LogP) is 1.47. The number of benzene rings is 1. The molecule has 0 aliphatic heterocycles. The van der Waals surface area contributed by atoms with Crippen LogP contribution >= 0.6 is 0 Å². The Bertz CT molecular complexity index is 665. The van der Waals surface area contributed by atoms with E-state index in [1.807, 2.05) is 0 Å². The van der Waals surface area contributed by atoms with Gasteiger partial charge < -0.3 is 10.4 Å². The average Bonchev–Trinajstić information content (AvgIpc) is 2.74. The fourth-order valence-electron chi connectivity index (χ4n) is 1.72. The quantitative estimate of drug-likeness (QED) is 0.785. The van der Waals surface area contributed by atoms with E-state index in [0.29, 0.717) is 5.56 Å². The molecule has 0 bridgehead atoms. The van der Waals surface area contributed by atoms with Crippen molar-refractivity contribution < 1.29 is 14.7 Å². The van der Waals surface area contributed by atoms with E-state index in [2.05, 4.69) is 20.7 Å². The lowest BCUT2D eigenvalue weighted by atomic mass is 10.1. The van der Waals surface area contributed by atoms with Gasteiger partial charge in [-0.25, -0.2) is 14.3 Å². The largest absolute Gasteiger partial charge is 0.478 e. The van der Waals surface area contributed by atoms with E-state index in [-0.39, 0.29) is 17.2 Å². The average molecular weight is 275 g/mol. The van der Waals surface area contributed by atoms with Crippen molar-refractivity contribution in [2.24, 2.45) is 7.05 Å². The van der Waals surface area contributed by atoms with Gasteiger partial charge in [0.25, 0.3) is 0 Å². The minimum Gasteiger partial charge on any atom is -0.478 e. The highest BCUT2D eigenvalue weighted by molar-refractivity contribution is 6.04. The number of aryl methyl sites for hydroxylation is 2. The summed E-state index contributed by atoms with van der Waals surface area (Å²) >= 11 is 0. The van der Waals surface area contributed by atoms with Gasteiger partial charge in [-0.1, -0.05) is 12.1 Å². The zero-order valence-corrected chi connectivity index (χ0v) is 10.9. The van der Waals surface area contributed by atoms with Gasteiger partial charge in [-0.3, -0.25) is 5.32 Å². The molecule has 1 aromatic heterocycles. The Hall–Kier alpha value is -2.90. The molecule has 0 aliphatic rings. The van der Waals surface area contributed by atoms with Crippen molar-refractivity contribution >= 4 is 23.6 Å². The van der Waals surface area contributed by atoms with E-state index in [1.54, 1.807) is 26.1 Å². The van der Waals surface area contributed by atoms with Crippen LogP contribution < -0.4 is 10.6 Å². The normalized spacial score (nSPS) is 10.1. The van der Waals surface area contributed by atoms with Crippen molar-refractivity contribution in [3.63, 3.8) is 0 Å². The molecular weight excluding hydrogens is 262 g/mol. The van der Waals surface area contributed by atoms with Crippen LogP contribution in [-0.2, 0) is 7.05 Å². The number of aromatic carboxylic acids is 1. The summed E-state index contributed by atoms with van der Waals surface area (Å²) in [5, 5.41) is 17.9. The van der Waals surface area contributed by atoms with Gasteiger partial charge in [0.15, 0.2) is 0 Å². The van der Waals surface area contributed by atoms with Crippen LogP contribution in [0.1, 0.15) is 15.9 Å². The molecule has 1 aromatic carbocycles. The molecule has 0 saturated heterocycles. The maximum atomic E-state index is 11.8. The summed E-state index contributed by atoms with van der Waals surface area (Å²) in [5.41, 5.74) is 0.840. The Morgan fingerprint density at radius 1 is 1.30 bits per heavy atom. The summed E-state index contributed by atoms with van der Waals surface area (Å²) in [6.45, 7) is 1.66. The van der Waals surface area contributed by atoms with Crippen molar-refractivity contribution in [3.8, 4) is 0 Å². The van der Waals surface area contributed by atoms with Gasteiger partial charge in [-0.05, 0) is 18.6 Å². The first-order valence-corrected chi connectivity index (χ1v) is 5.74. The number of nitrogens with one attached hydrogen (secondary N) is 2.